The molecule has 2 amide bonds. The number of aromatic hydroxyl groups is 1. The minimum atomic E-state index is -1.15. The Labute approximate surface area is 220 Å². The number of ether oxygens (including phenoxy) is 1. The van der Waals surface area contributed by atoms with E-state index in [9.17, 15) is 19.5 Å². The van der Waals surface area contributed by atoms with Crippen molar-refractivity contribution in [1.29, 1.82) is 0 Å². The second-order valence-electron chi connectivity index (χ2n) is 8.60. The van der Waals surface area contributed by atoms with E-state index in [2.05, 4.69) is 35.9 Å². The number of phenolic OH excluding ortho intramolecular Hbond substituents is 1. The fraction of sp³-hybridized carbons (Fsp3) is 0.346. The molecule has 1 aromatic carbocycles. The molecule has 2 aromatic heterocycles. The summed E-state index contributed by atoms with van der Waals surface area (Å²) in [6, 6.07) is 5.95. The number of hydrogen-bond donors (Lipinski definition) is 4. The van der Waals surface area contributed by atoms with E-state index in [0.717, 1.165) is 18.4 Å². The van der Waals surface area contributed by atoms with Gasteiger partial charge in [0, 0.05) is 19.3 Å². The summed E-state index contributed by atoms with van der Waals surface area (Å²) in [6.07, 6.45) is 4.33. The van der Waals surface area contributed by atoms with Gasteiger partial charge in [0.25, 0.3) is 11.8 Å². The zero-order valence-corrected chi connectivity index (χ0v) is 21.7. The molecule has 0 spiro atoms. The van der Waals surface area contributed by atoms with Crippen molar-refractivity contribution in [3.63, 3.8) is 0 Å². The molecule has 3 aromatic rings. The number of phenols is 1. The molecule has 200 valence electrons. The Morgan fingerprint density at radius 2 is 1.76 bits per heavy atom. The van der Waals surface area contributed by atoms with Crippen LogP contribution in [0.25, 0.3) is 0 Å². The van der Waals surface area contributed by atoms with Crippen molar-refractivity contribution in [2.75, 3.05) is 25.5 Å². The van der Waals surface area contributed by atoms with Crippen LogP contribution in [0.5, 0.6) is 5.75 Å². The van der Waals surface area contributed by atoms with Crippen molar-refractivity contribution >= 4 is 23.7 Å². The van der Waals surface area contributed by atoms with Gasteiger partial charge in [0.15, 0.2) is 0 Å². The van der Waals surface area contributed by atoms with Crippen molar-refractivity contribution in [1.82, 2.24) is 30.6 Å². The molecule has 1 atom stereocenters. The standard InChI is InChI=1S/C26H31N7O5/c1-15-12-29-20(13-28-15)23(35)30-14-21(25(37)38-4)33-24(36)22-16(2)31-26(32-17(22)3)27-10-6-8-18-7-5-9-19(34)11-18/h5,7,9,11-13,21,34H,6,8,10,14H2,1-4H3,(H,30,35)(H,33,36)(H,27,31,32)/t21-/m0/s1. The van der Waals surface area contributed by atoms with E-state index in [4.69, 9.17) is 4.74 Å². The smallest absolute Gasteiger partial charge is 0.330 e. The molecule has 0 saturated carbocycles. The zero-order chi connectivity index (χ0) is 27.7. The summed E-state index contributed by atoms with van der Waals surface area (Å²) in [6.45, 7) is 5.46. The van der Waals surface area contributed by atoms with Crippen LogP contribution in [-0.4, -0.2) is 69.1 Å². The van der Waals surface area contributed by atoms with Gasteiger partial charge in [-0.05, 0) is 51.3 Å². The molecule has 0 saturated heterocycles. The van der Waals surface area contributed by atoms with Crippen molar-refractivity contribution in [3.05, 3.63) is 70.6 Å². The second kappa shape index (κ2) is 13.1. The Morgan fingerprint density at radius 1 is 1.03 bits per heavy atom. The Balaban J connectivity index is 1.60. The van der Waals surface area contributed by atoms with E-state index in [1.165, 1.54) is 19.5 Å². The number of rotatable bonds is 11. The summed E-state index contributed by atoms with van der Waals surface area (Å²) < 4.78 is 4.79. The number of methoxy groups -OCH3 is 1. The van der Waals surface area contributed by atoms with E-state index in [1.807, 2.05) is 6.07 Å². The fourth-order valence-corrected chi connectivity index (χ4v) is 3.69. The molecule has 0 aliphatic carbocycles. The predicted octanol–water partition coefficient (Wildman–Crippen LogP) is 1.64. The summed E-state index contributed by atoms with van der Waals surface area (Å²) >= 11 is 0. The third kappa shape index (κ3) is 7.69. The van der Waals surface area contributed by atoms with Crippen molar-refractivity contribution in [2.45, 2.75) is 39.7 Å². The van der Waals surface area contributed by atoms with E-state index in [1.54, 1.807) is 39.0 Å². The topological polar surface area (TPSA) is 168 Å². The number of carbonyl (C=O) groups excluding carboxylic acids is 3. The Morgan fingerprint density at radius 3 is 2.39 bits per heavy atom. The average Bonchev–Trinajstić information content (AvgIpc) is 2.88. The first-order chi connectivity index (χ1) is 18.2. The van der Waals surface area contributed by atoms with Crippen molar-refractivity contribution < 1.29 is 24.2 Å². The lowest BCUT2D eigenvalue weighted by Crippen LogP contribution is -2.49. The number of benzene rings is 1. The van der Waals surface area contributed by atoms with E-state index < -0.39 is 23.8 Å². The molecular formula is C26H31N7O5. The number of aromatic nitrogens is 4. The molecule has 38 heavy (non-hydrogen) atoms. The van der Waals surface area contributed by atoms with Gasteiger partial charge in [-0.3, -0.25) is 14.6 Å². The molecule has 0 bridgehead atoms. The number of hydrogen-bond acceptors (Lipinski definition) is 10. The molecule has 0 unspecified atom stereocenters. The van der Waals surface area contributed by atoms with Crippen LogP contribution in [0.1, 0.15) is 49.9 Å². The lowest BCUT2D eigenvalue weighted by Gasteiger charge is -2.18. The Bertz CT molecular complexity index is 1270. The van der Waals surface area contributed by atoms with Gasteiger partial charge in [-0.15, -0.1) is 0 Å². The molecule has 3 rings (SSSR count). The van der Waals surface area contributed by atoms with Gasteiger partial charge in [-0.25, -0.2) is 19.7 Å². The molecule has 2 heterocycles. The van der Waals surface area contributed by atoms with Gasteiger partial charge >= 0.3 is 5.97 Å². The predicted molar refractivity (Wildman–Crippen MR) is 139 cm³/mol. The third-order valence-corrected chi connectivity index (χ3v) is 5.61. The van der Waals surface area contributed by atoms with Crippen molar-refractivity contribution in [2.24, 2.45) is 0 Å². The first-order valence-electron chi connectivity index (χ1n) is 12.0. The molecule has 12 nitrogen and oxygen atoms in total. The number of esters is 1. The van der Waals surface area contributed by atoms with E-state index in [0.29, 0.717) is 29.6 Å². The van der Waals surface area contributed by atoms with Crippen LogP contribution in [-0.2, 0) is 16.0 Å². The summed E-state index contributed by atoms with van der Waals surface area (Å²) in [7, 11) is 1.19. The zero-order valence-electron chi connectivity index (χ0n) is 21.7. The monoisotopic (exact) mass is 521 g/mol. The lowest BCUT2D eigenvalue weighted by atomic mass is 10.1. The SMILES string of the molecule is COC(=O)[C@H](CNC(=O)c1cnc(C)cn1)NC(=O)c1c(C)nc(NCCCc2cccc(O)c2)nc1C. The van der Waals surface area contributed by atoms with Gasteiger partial charge in [0.1, 0.15) is 17.5 Å². The number of aryl methyl sites for hydroxylation is 4. The summed E-state index contributed by atoms with van der Waals surface area (Å²) in [4.78, 5) is 54.5. The molecule has 4 N–H and O–H groups in total. The van der Waals surface area contributed by atoms with Crippen LogP contribution in [0.15, 0.2) is 36.7 Å². The number of carbonyl (C=O) groups is 3. The quantitative estimate of drug-likeness (QED) is 0.215. The molecule has 0 radical (unpaired) electrons. The highest BCUT2D eigenvalue weighted by Gasteiger charge is 2.26. The highest BCUT2D eigenvalue weighted by molar-refractivity contribution is 5.99. The van der Waals surface area contributed by atoms with Crippen LogP contribution < -0.4 is 16.0 Å². The Kier molecular flexibility index (Phi) is 9.63. The average molecular weight is 522 g/mol. The maximum atomic E-state index is 13.1. The van der Waals surface area contributed by atoms with Gasteiger partial charge in [-0.1, -0.05) is 12.1 Å². The number of amides is 2. The first-order valence-corrected chi connectivity index (χ1v) is 12.0. The Hall–Kier alpha value is -4.61. The molecular weight excluding hydrogens is 490 g/mol. The van der Waals surface area contributed by atoms with Gasteiger partial charge < -0.3 is 25.8 Å². The van der Waals surface area contributed by atoms with Crippen LogP contribution >= 0.6 is 0 Å². The highest BCUT2D eigenvalue weighted by Crippen LogP contribution is 2.15. The summed E-state index contributed by atoms with van der Waals surface area (Å²) in [5.74, 6) is -1.24. The number of anilines is 1. The molecule has 12 heteroatoms. The normalized spacial score (nSPS) is 11.4. The second-order valence-corrected chi connectivity index (χ2v) is 8.60. The van der Waals surface area contributed by atoms with Gasteiger partial charge in [0.2, 0.25) is 5.95 Å². The maximum absolute atomic E-state index is 13.1. The fourth-order valence-electron chi connectivity index (χ4n) is 3.69. The van der Waals surface area contributed by atoms with E-state index in [-0.39, 0.29) is 23.6 Å². The minimum Gasteiger partial charge on any atom is -0.508 e. The number of nitrogens with zero attached hydrogens (tertiary/aromatic N) is 4. The van der Waals surface area contributed by atoms with Gasteiger partial charge in [0.05, 0.1) is 36.0 Å². The number of nitrogens with one attached hydrogen (secondary N) is 3. The largest absolute Gasteiger partial charge is 0.508 e. The van der Waals surface area contributed by atoms with E-state index >= 15 is 0 Å². The molecule has 0 aliphatic rings. The lowest BCUT2D eigenvalue weighted by molar-refractivity contribution is -0.142. The molecule has 0 fully saturated rings. The van der Waals surface area contributed by atoms with Gasteiger partial charge in [-0.2, -0.15) is 0 Å². The minimum absolute atomic E-state index is 0.0793. The third-order valence-electron chi connectivity index (χ3n) is 5.61. The maximum Gasteiger partial charge on any atom is 0.330 e. The molecule has 0 aliphatic heterocycles. The summed E-state index contributed by atoms with van der Waals surface area (Å²) in [5.41, 5.74) is 2.83. The van der Waals surface area contributed by atoms with Crippen molar-refractivity contribution in [3.8, 4) is 5.75 Å². The summed E-state index contributed by atoms with van der Waals surface area (Å²) in [5, 5.41) is 17.9. The highest BCUT2D eigenvalue weighted by atomic mass is 16.5. The van der Waals surface area contributed by atoms with Crippen LogP contribution in [0.3, 0.4) is 0 Å². The van der Waals surface area contributed by atoms with Crippen LogP contribution in [0, 0.1) is 20.8 Å². The van der Waals surface area contributed by atoms with Crippen LogP contribution in [0.4, 0.5) is 5.95 Å². The first kappa shape index (κ1) is 28.0. The van der Waals surface area contributed by atoms with Crippen LogP contribution in [0.2, 0.25) is 0 Å².